The van der Waals surface area contributed by atoms with Crippen molar-refractivity contribution in [2.24, 2.45) is 5.92 Å². The number of benzene rings is 1. The molecule has 1 atom stereocenters. The molecule has 1 fully saturated rings. The predicted molar refractivity (Wildman–Crippen MR) is 76.0 cm³/mol. The molecule has 6 heteroatoms. The van der Waals surface area contributed by atoms with Gasteiger partial charge in [0.1, 0.15) is 0 Å². The molecule has 0 aliphatic carbocycles. The van der Waals surface area contributed by atoms with E-state index in [1.54, 1.807) is 12.1 Å². The van der Waals surface area contributed by atoms with Crippen molar-refractivity contribution in [1.82, 2.24) is 10.2 Å². The molecule has 1 heterocycles. The molecular weight excluding hydrogens is 289 g/mol. The smallest absolute Gasteiger partial charge is 0.319 e. The largest absolute Gasteiger partial charge is 0.416 e. The second kappa shape index (κ2) is 7.29. The highest BCUT2D eigenvalue weighted by molar-refractivity contribution is 5.85. The third kappa shape index (κ3) is 4.65. The second-order valence-corrected chi connectivity index (χ2v) is 5.14. The number of nitrogens with one attached hydrogen (secondary N) is 1. The molecule has 1 aliphatic rings. The molecule has 1 aromatic rings. The molecule has 2 rings (SSSR count). The van der Waals surface area contributed by atoms with Crippen LogP contribution in [0.15, 0.2) is 24.3 Å². The van der Waals surface area contributed by atoms with E-state index in [4.69, 9.17) is 0 Å². The molecule has 1 aliphatic heterocycles. The Bertz CT molecular complexity index is 406. The van der Waals surface area contributed by atoms with Crippen molar-refractivity contribution in [1.29, 1.82) is 0 Å². The summed E-state index contributed by atoms with van der Waals surface area (Å²) in [6, 6.07) is 5.48. The van der Waals surface area contributed by atoms with Gasteiger partial charge < -0.3 is 5.32 Å². The molecule has 0 radical (unpaired) electrons. The van der Waals surface area contributed by atoms with Crippen molar-refractivity contribution in [3.05, 3.63) is 35.4 Å². The van der Waals surface area contributed by atoms with Crippen molar-refractivity contribution in [2.75, 3.05) is 26.7 Å². The minimum atomic E-state index is -4.25. The Hall–Kier alpha value is -0.780. The van der Waals surface area contributed by atoms with E-state index >= 15 is 0 Å². The molecule has 0 amide bonds. The van der Waals surface area contributed by atoms with Gasteiger partial charge in [0.25, 0.3) is 0 Å². The van der Waals surface area contributed by atoms with Gasteiger partial charge in [0.2, 0.25) is 0 Å². The number of hydrogen-bond donors (Lipinski definition) is 1. The fraction of sp³-hybridized carbons (Fsp3) is 0.571. The number of halogens is 4. The second-order valence-electron chi connectivity index (χ2n) is 5.14. The van der Waals surface area contributed by atoms with Gasteiger partial charge in [-0.05, 0) is 50.2 Å². The Morgan fingerprint density at radius 1 is 1.25 bits per heavy atom. The standard InChI is InChI=1S/C14H19F3N2.ClH/c1-18-8-12-6-7-19(10-12)9-11-2-4-13(5-3-11)14(15,16)17;/h2-5,12,18H,6-10H2,1H3;1H. The highest BCUT2D eigenvalue weighted by Gasteiger charge is 2.30. The van der Waals surface area contributed by atoms with E-state index in [1.165, 1.54) is 0 Å². The first kappa shape index (κ1) is 17.3. The summed E-state index contributed by atoms with van der Waals surface area (Å²) in [5, 5.41) is 3.17. The minimum Gasteiger partial charge on any atom is -0.319 e. The Morgan fingerprint density at radius 3 is 2.45 bits per heavy atom. The van der Waals surface area contributed by atoms with Crippen molar-refractivity contribution in [2.45, 2.75) is 19.1 Å². The highest BCUT2D eigenvalue weighted by Crippen LogP contribution is 2.29. The summed E-state index contributed by atoms with van der Waals surface area (Å²) in [5.74, 6) is 0.652. The molecular formula is C14H20ClF3N2. The van der Waals surface area contributed by atoms with Crippen LogP contribution in [0.25, 0.3) is 0 Å². The highest BCUT2D eigenvalue weighted by atomic mass is 35.5. The molecule has 0 aromatic heterocycles. The van der Waals surface area contributed by atoms with Gasteiger partial charge in [0.05, 0.1) is 5.56 Å². The average Bonchev–Trinajstić information content (AvgIpc) is 2.77. The lowest BCUT2D eigenvalue weighted by atomic mass is 10.1. The lowest BCUT2D eigenvalue weighted by Gasteiger charge is -2.16. The van der Waals surface area contributed by atoms with Crippen LogP contribution in [0.4, 0.5) is 13.2 Å². The number of rotatable bonds is 4. The lowest BCUT2D eigenvalue weighted by molar-refractivity contribution is -0.137. The van der Waals surface area contributed by atoms with E-state index in [9.17, 15) is 13.2 Å². The SMILES string of the molecule is CNCC1CCN(Cc2ccc(C(F)(F)F)cc2)C1.Cl. The summed E-state index contributed by atoms with van der Waals surface area (Å²) in [6.45, 7) is 3.77. The van der Waals surface area contributed by atoms with Gasteiger partial charge in [-0.1, -0.05) is 12.1 Å². The van der Waals surface area contributed by atoms with Crippen LogP contribution in [0.2, 0.25) is 0 Å². The Balaban J connectivity index is 0.00000200. The van der Waals surface area contributed by atoms with E-state index in [0.717, 1.165) is 50.3 Å². The quantitative estimate of drug-likeness (QED) is 0.919. The average molecular weight is 309 g/mol. The molecule has 1 aromatic carbocycles. The van der Waals surface area contributed by atoms with Gasteiger partial charge in [-0.15, -0.1) is 12.4 Å². The molecule has 1 unspecified atom stereocenters. The zero-order valence-corrected chi connectivity index (χ0v) is 12.2. The van der Waals surface area contributed by atoms with Crippen LogP contribution in [0, 0.1) is 5.92 Å². The van der Waals surface area contributed by atoms with Gasteiger partial charge in [-0.25, -0.2) is 0 Å². The van der Waals surface area contributed by atoms with Crippen LogP contribution in [-0.2, 0) is 12.7 Å². The normalized spacial score (nSPS) is 19.9. The molecule has 0 spiro atoms. The molecule has 0 saturated carbocycles. The maximum atomic E-state index is 12.4. The summed E-state index contributed by atoms with van der Waals surface area (Å²) in [4.78, 5) is 2.30. The van der Waals surface area contributed by atoms with E-state index in [1.807, 2.05) is 7.05 Å². The van der Waals surface area contributed by atoms with Crippen molar-refractivity contribution < 1.29 is 13.2 Å². The van der Waals surface area contributed by atoms with E-state index in [2.05, 4.69) is 10.2 Å². The summed E-state index contributed by atoms with van der Waals surface area (Å²) in [7, 11) is 1.94. The first-order chi connectivity index (χ1) is 8.99. The zero-order chi connectivity index (χ0) is 13.9. The summed E-state index contributed by atoms with van der Waals surface area (Å²) in [5.41, 5.74) is 0.365. The molecule has 1 N–H and O–H groups in total. The van der Waals surface area contributed by atoms with E-state index < -0.39 is 11.7 Å². The molecule has 1 saturated heterocycles. The lowest BCUT2D eigenvalue weighted by Crippen LogP contribution is -2.24. The maximum Gasteiger partial charge on any atom is 0.416 e. The third-order valence-corrected chi connectivity index (χ3v) is 3.55. The molecule has 2 nitrogen and oxygen atoms in total. The van der Waals surface area contributed by atoms with Crippen LogP contribution >= 0.6 is 12.4 Å². The summed E-state index contributed by atoms with van der Waals surface area (Å²) in [6.07, 6.45) is -3.09. The summed E-state index contributed by atoms with van der Waals surface area (Å²) >= 11 is 0. The predicted octanol–water partition coefficient (Wildman–Crippen LogP) is 3.17. The molecule has 20 heavy (non-hydrogen) atoms. The van der Waals surface area contributed by atoms with Crippen LogP contribution in [-0.4, -0.2) is 31.6 Å². The maximum absolute atomic E-state index is 12.4. The van der Waals surface area contributed by atoms with Gasteiger partial charge in [-0.3, -0.25) is 4.90 Å². The van der Waals surface area contributed by atoms with Crippen LogP contribution < -0.4 is 5.32 Å². The Morgan fingerprint density at radius 2 is 1.90 bits per heavy atom. The molecule has 0 bridgehead atoms. The molecule has 114 valence electrons. The van der Waals surface area contributed by atoms with Crippen molar-refractivity contribution >= 4 is 12.4 Å². The third-order valence-electron chi connectivity index (χ3n) is 3.55. The monoisotopic (exact) mass is 308 g/mol. The Labute approximate surface area is 123 Å². The van der Waals surface area contributed by atoms with Gasteiger partial charge in [0.15, 0.2) is 0 Å². The fourth-order valence-corrected chi connectivity index (χ4v) is 2.57. The minimum absolute atomic E-state index is 0. The van der Waals surface area contributed by atoms with Crippen LogP contribution in [0.3, 0.4) is 0 Å². The van der Waals surface area contributed by atoms with Crippen molar-refractivity contribution in [3.8, 4) is 0 Å². The number of likely N-dealkylation sites (tertiary alicyclic amines) is 1. The zero-order valence-electron chi connectivity index (χ0n) is 11.4. The van der Waals surface area contributed by atoms with E-state index in [0.29, 0.717) is 5.92 Å². The number of alkyl halides is 3. The van der Waals surface area contributed by atoms with Gasteiger partial charge >= 0.3 is 6.18 Å². The van der Waals surface area contributed by atoms with Gasteiger partial charge in [-0.2, -0.15) is 13.2 Å². The van der Waals surface area contributed by atoms with Crippen molar-refractivity contribution in [3.63, 3.8) is 0 Å². The number of hydrogen-bond acceptors (Lipinski definition) is 2. The van der Waals surface area contributed by atoms with E-state index in [-0.39, 0.29) is 12.4 Å². The topological polar surface area (TPSA) is 15.3 Å². The first-order valence-corrected chi connectivity index (χ1v) is 6.52. The van der Waals surface area contributed by atoms with Gasteiger partial charge in [0, 0.05) is 13.1 Å². The van der Waals surface area contributed by atoms with Crippen LogP contribution in [0.1, 0.15) is 17.5 Å². The van der Waals surface area contributed by atoms with Crippen LogP contribution in [0.5, 0.6) is 0 Å². The summed E-state index contributed by atoms with van der Waals surface area (Å²) < 4.78 is 37.3. The Kier molecular flexibility index (Phi) is 6.30. The fourth-order valence-electron chi connectivity index (χ4n) is 2.57. The first-order valence-electron chi connectivity index (χ1n) is 6.52. The number of nitrogens with zero attached hydrogens (tertiary/aromatic N) is 1.